The molecule has 1 fully saturated rings. The molecular formula is C16H19N3O5. The van der Waals surface area contributed by atoms with E-state index in [9.17, 15) is 24.3 Å². The highest BCUT2D eigenvalue weighted by molar-refractivity contribution is 6.01. The first kappa shape index (κ1) is 17.5. The summed E-state index contributed by atoms with van der Waals surface area (Å²) in [5, 5.41) is 14.1. The number of imide groups is 1. The Hall–Kier alpha value is -2.90. The molecule has 0 bridgehead atoms. The van der Waals surface area contributed by atoms with Crippen molar-refractivity contribution in [2.45, 2.75) is 25.3 Å². The molecule has 0 radical (unpaired) electrons. The summed E-state index contributed by atoms with van der Waals surface area (Å²) >= 11 is 0. The third-order valence-electron chi connectivity index (χ3n) is 3.64. The maximum atomic E-state index is 11.9. The lowest BCUT2D eigenvalue weighted by molar-refractivity contribution is -0.141. The van der Waals surface area contributed by atoms with E-state index in [1.165, 1.54) is 0 Å². The van der Waals surface area contributed by atoms with E-state index in [2.05, 4.69) is 10.6 Å². The number of hydrogen-bond donors (Lipinski definition) is 3. The van der Waals surface area contributed by atoms with Gasteiger partial charge in [0.15, 0.2) is 0 Å². The molecule has 1 atom stereocenters. The molecule has 0 aliphatic carbocycles. The average Bonchev–Trinajstić information content (AvgIpc) is 2.87. The zero-order chi connectivity index (χ0) is 17.5. The minimum Gasteiger partial charge on any atom is -0.480 e. The molecule has 8 nitrogen and oxygen atoms in total. The van der Waals surface area contributed by atoms with Gasteiger partial charge in [0, 0.05) is 19.4 Å². The molecule has 1 heterocycles. The van der Waals surface area contributed by atoms with Crippen molar-refractivity contribution in [1.29, 1.82) is 0 Å². The number of nitrogens with one attached hydrogen (secondary N) is 2. The van der Waals surface area contributed by atoms with Crippen molar-refractivity contribution in [3.63, 3.8) is 0 Å². The van der Waals surface area contributed by atoms with Crippen molar-refractivity contribution < 1.29 is 24.3 Å². The zero-order valence-electron chi connectivity index (χ0n) is 13.0. The molecule has 0 saturated carbocycles. The number of carboxylic acids is 1. The lowest BCUT2D eigenvalue weighted by Gasteiger charge is -2.15. The van der Waals surface area contributed by atoms with Gasteiger partial charge in [-0.1, -0.05) is 30.3 Å². The topological polar surface area (TPSA) is 116 Å². The standard InChI is InChI=1S/C16H19N3O5/c20-13(7-4-8-19-14(21)10-17-16(19)24)18-12(15(22)23)9-11-5-2-1-3-6-11/h1-3,5-6,12H,4,7-10H2,(H,17,24)(H,18,20)(H,22,23)/t12-/m1/s1. The van der Waals surface area contributed by atoms with Gasteiger partial charge in [0.1, 0.15) is 6.04 Å². The summed E-state index contributed by atoms with van der Waals surface area (Å²) in [5.74, 6) is -1.86. The SMILES string of the molecule is O=C(CCCN1C(=O)CNC1=O)N[C@H](Cc1ccccc1)C(=O)O. The van der Waals surface area contributed by atoms with Gasteiger partial charge in [-0.15, -0.1) is 0 Å². The first-order valence-electron chi connectivity index (χ1n) is 7.61. The van der Waals surface area contributed by atoms with Gasteiger partial charge in [-0.3, -0.25) is 14.5 Å². The number of benzene rings is 1. The summed E-state index contributed by atoms with van der Waals surface area (Å²) in [6.45, 7) is 0.109. The van der Waals surface area contributed by atoms with Crippen LogP contribution in [-0.4, -0.2) is 53.0 Å². The lowest BCUT2D eigenvalue weighted by atomic mass is 10.1. The monoisotopic (exact) mass is 333 g/mol. The van der Waals surface area contributed by atoms with Gasteiger partial charge < -0.3 is 15.7 Å². The Balaban J connectivity index is 1.79. The van der Waals surface area contributed by atoms with Crippen molar-refractivity contribution in [3.8, 4) is 0 Å². The number of carboxylic acid groups (broad SMARTS) is 1. The predicted molar refractivity (Wildman–Crippen MR) is 84.1 cm³/mol. The fourth-order valence-electron chi connectivity index (χ4n) is 2.40. The first-order valence-corrected chi connectivity index (χ1v) is 7.61. The molecule has 1 aliphatic heterocycles. The third-order valence-corrected chi connectivity index (χ3v) is 3.64. The first-order chi connectivity index (χ1) is 11.5. The van der Waals surface area contributed by atoms with Gasteiger partial charge in [0.2, 0.25) is 11.8 Å². The smallest absolute Gasteiger partial charge is 0.326 e. The number of amides is 4. The maximum absolute atomic E-state index is 11.9. The molecule has 3 N–H and O–H groups in total. The van der Waals surface area contributed by atoms with Crippen LogP contribution in [0.4, 0.5) is 4.79 Å². The molecular weight excluding hydrogens is 314 g/mol. The summed E-state index contributed by atoms with van der Waals surface area (Å²) < 4.78 is 0. The van der Waals surface area contributed by atoms with Crippen molar-refractivity contribution in [2.24, 2.45) is 0 Å². The Bertz CT molecular complexity index is 616. The highest BCUT2D eigenvalue weighted by atomic mass is 16.4. The minimum atomic E-state index is -1.11. The molecule has 1 aliphatic rings. The van der Waals surface area contributed by atoms with Gasteiger partial charge in [-0.05, 0) is 12.0 Å². The van der Waals surface area contributed by atoms with E-state index in [0.717, 1.165) is 10.5 Å². The van der Waals surface area contributed by atoms with Crippen molar-refractivity contribution in [3.05, 3.63) is 35.9 Å². The highest BCUT2D eigenvalue weighted by Crippen LogP contribution is 2.05. The molecule has 0 aromatic heterocycles. The van der Waals surface area contributed by atoms with Crippen LogP contribution in [0.2, 0.25) is 0 Å². The summed E-state index contributed by atoms with van der Waals surface area (Å²) in [6, 6.07) is 7.53. The quantitative estimate of drug-likeness (QED) is 0.585. The van der Waals surface area contributed by atoms with Crippen LogP contribution in [0.25, 0.3) is 0 Å². The predicted octanol–water partition coefficient (Wildman–Crippen LogP) is 0.131. The van der Waals surface area contributed by atoms with Crippen LogP contribution in [0, 0.1) is 0 Å². The van der Waals surface area contributed by atoms with E-state index in [0.29, 0.717) is 0 Å². The second-order valence-electron chi connectivity index (χ2n) is 5.46. The molecule has 4 amide bonds. The highest BCUT2D eigenvalue weighted by Gasteiger charge is 2.28. The van der Waals surface area contributed by atoms with Gasteiger partial charge in [-0.2, -0.15) is 0 Å². The summed E-state index contributed by atoms with van der Waals surface area (Å²) in [4.78, 5) is 47.0. The number of hydrogen-bond acceptors (Lipinski definition) is 4. The van der Waals surface area contributed by atoms with E-state index in [4.69, 9.17) is 0 Å². The van der Waals surface area contributed by atoms with Crippen LogP contribution in [-0.2, 0) is 20.8 Å². The van der Waals surface area contributed by atoms with E-state index >= 15 is 0 Å². The fraction of sp³-hybridized carbons (Fsp3) is 0.375. The van der Waals surface area contributed by atoms with Crippen LogP contribution >= 0.6 is 0 Å². The normalized spacial score (nSPS) is 15.1. The van der Waals surface area contributed by atoms with Crippen LogP contribution in [0.5, 0.6) is 0 Å². The summed E-state index contributed by atoms with van der Waals surface area (Å²) in [7, 11) is 0. The lowest BCUT2D eigenvalue weighted by Crippen LogP contribution is -2.42. The van der Waals surface area contributed by atoms with Crippen LogP contribution in [0.15, 0.2) is 30.3 Å². The Labute approximate surface area is 138 Å². The molecule has 0 spiro atoms. The molecule has 1 saturated heterocycles. The fourth-order valence-corrected chi connectivity index (χ4v) is 2.40. The molecule has 1 aromatic rings. The van der Waals surface area contributed by atoms with Gasteiger partial charge >= 0.3 is 12.0 Å². The van der Waals surface area contributed by atoms with Gasteiger partial charge in [-0.25, -0.2) is 9.59 Å². The maximum Gasteiger partial charge on any atom is 0.326 e. The van der Waals surface area contributed by atoms with Crippen LogP contribution < -0.4 is 10.6 Å². The average molecular weight is 333 g/mol. The second-order valence-corrected chi connectivity index (χ2v) is 5.46. The Morgan fingerprint density at radius 3 is 2.54 bits per heavy atom. The van der Waals surface area contributed by atoms with Gasteiger partial charge in [0.25, 0.3) is 0 Å². The van der Waals surface area contributed by atoms with E-state index < -0.39 is 23.9 Å². The third kappa shape index (κ3) is 4.80. The molecule has 1 aromatic carbocycles. The van der Waals surface area contributed by atoms with Crippen LogP contribution in [0.3, 0.4) is 0 Å². The van der Waals surface area contributed by atoms with Crippen molar-refractivity contribution in [2.75, 3.05) is 13.1 Å². The van der Waals surface area contributed by atoms with Gasteiger partial charge in [0.05, 0.1) is 6.54 Å². The summed E-state index contributed by atoms with van der Waals surface area (Å²) in [6.07, 6.45) is 0.507. The van der Waals surface area contributed by atoms with Crippen LogP contribution in [0.1, 0.15) is 18.4 Å². The molecule has 0 unspecified atom stereocenters. The molecule has 128 valence electrons. The number of nitrogens with zero attached hydrogens (tertiary/aromatic N) is 1. The molecule has 24 heavy (non-hydrogen) atoms. The Morgan fingerprint density at radius 2 is 1.96 bits per heavy atom. The summed E-state index contributed by atoms with van der Waals surface area (Å²) in [5.41, 5.74) is 0.810. The van der Waals surface area contributed by atoms with E-state index in [1.54, 1.807) is 24.3 Å². The molecule has 2 rings (SSSR count). The van der Waals surface area contributed by atoms with E-state index in [1.807, 2.05) is 6.07 Å². The number of carbonyl (C=O) groups is 4. The second kappa shape index (κ2) is 8.09. The molecule has 8 heteroatoms. The Kier molecular flexibility index (Phi) is 5.89. The number of rotatable bonds is 8. The minimum absolute atomic E-state index is 0.0246. The number of carbonyl (C=O) groups excluding carboxylic acids is 3. The van der Waals surface area contributed by atoms with E-state index in [-0.39, 0.29) is 38.3 Å². The zero-order valence-corrected chi connectivity index (χ0v) is 13.0. The van der Waals surface area contributed by atoms with Crippen molar-refractivity contribution >= 4 is 23.8 Å². The Morgan fingerprint density at radius 1 is 1.25 bits per heavy atom. The number of aliphatic carboxylic acids is 1. The van der Waals surface area contributed by atoms with Crippen molar-refractivity contribution in [1.82, 2.24) is 15.5 Å². The number of urea groups is 1. The largest absolute Gasteiger partial charge is 0.480 e.